The van der Waals surface area contributed by atoms with Gasteiger partial charge in [-0.25, -0.2) is 8.42 Å². The smallest absolute Gasteiger partial charge is 0.263 e. The molecule has 0 spiro atoms. The molecule has 0 atom stereocenters. The van der Waals surface area contributed by atoms with Gasteiger partial charge in [-0.2, -0.15) is 0 Å². The van der Waals surface area contributed by atoms with E-state index in [2.05, 4.69) is 20.2 Å². The molecule has 0 aliphatic heterocycles. The Bertz CT molecular complexity index is 710. The number of nitrogens with zero attached hydrogens (tertiary/aromatic N) is 2. The monoisotopic (exact) mass is 326 g/mol. The fourth-order valence-electron chi connectivity index (χ4n) is 1.66. The van der Waals surface area contributed by atoms with Crippen molar-refractivity contribution in [1.82, 2.24) is 15.5 Å². The number of nitrogens with one attached hydrogen (secondary N) is 2. The average Bonchev–Trinajstić information content (AvgIpc) is 2.81. The molecule has 0 aliphatic rings. The van der Waals surface area contributed by atoms with Crippen molar-refractivity contribution in [2.75, 3.05) is 4.72 Å². The van der Waals surface area contributed by atoms with Crippen LogP contribution in [0, 0.1) is 6.92 Å². The average molecular weight is 326 g/mol. The summed E-state index contributed by atoms with van der Waals surface area (Å²) in [5, 5.41) is 11.8. The van der Waals surface area contributed by atoms with Gasteiger partial charge in [-0.05, 0) is 24.6 Å². The molecular weight excluding hydrogens is 308 g/mol. The van der Waals surface area contributed by atoms with Crippen LogP contribution in [0.5, 0.6) is 0 Å². The van der Waals surface area contributed by atoms with Crippen LogP contribution in [0.25, 0.3) is 0 Å². The van der Waals surface area contributed by atoms with Gasteiger partial charge in [0.05, 0.1) is 4.90 Å². The summed E-state index contributed by atoms with van der Waals surface area (Å²) in [4.78, 5) is 0.221. The topological polar surface area (TPSA) is 84.0 Å². The molecule has 0 amide bonds. The van der Waals surface area contributed by atoms with E-state index < -0.39 is 10.0 Å². The van der Waals surface area contributed by atoms with E-state index in [1.54, 1.807) is 25.1 Å². The Morgan fingerprint density at radius 2 is 2.05 bits per heavy atom. The highest BCUT2D eigenvalue weighted by molar-refractivity contribution is 7.93. The lowest BCUT2D eigenvalue weighted by atomic mass is 10.2. The molecule has 0 saturated carbocycles. The molecule has 0 bridgehead atoms. The third-order valence-corrected chi connectivity index (χ3v) is 4.89. The standard InChI is InChI=1S/C13H18N4O2S2/c1-9(2)14-8-11-5-4-6-12(7-11)21(18,19)17-13-16-15-10(3)20-13/h4-7,9,14H,8H2,1-3H3,(H,16,17). The highest BCUT2D eigenvalue weighted by atomic mass is 32.2. The van der Waals surface area contributed by atoms with Crippen molar-refractivity contribution in [3.05, 3.63) is 34.8 Å². The third kappa shape index (κ3) is 4.48. The van der Waals surface area contributed by atoms with Crippen molar-refractivity contribution in [1.29, 1.82) is 0 Å². The van der Waals surface area contributed by atoms with Crippen LogP contribution in [0.1, 0.15) is 24.4 Å². The van der Waals surface area contributed by atoms with Crippen molar-refractivity contribution in [3.63, 3.8) is 0 Å². The van der Waals surface area contributed by atoms with E-state index in [4.69, 9.17) is 0 Å². The molecule has 2 rings (SSSR count). The Morgan fingerprint density at radius 3 is 2.67 bits per heavy atom. The zero-order valence-corrected chi connectivity index (χ0v) is 13.8. The number of aromatic nitrogens is 2. The largest absolute Gasteiger partial charge is 0.310 e. The second-order valence-corrected chi connectivity index (χ2v) is 7.78. The summed E-state index contributed by atoms with van der Waals surface area (Å²) < 4.78 is 27.1. The van der Waals surface area contributed by atoms with Crippen LogP contribution in [0.3, 0.4) is 0 Å². The summed E-state index contributed by atoms with van der Waals surface area (Å²) in [5.41, 5.74) is 0.917. The highest BCUT2D eigenvalue weighted by Gasteiger charge is 2.16. The molecule has 114 valence electrons. The van der Waals surface area contributed by atoms with E-state index in [0.29, 0.717) is 17.6 Å². The lowest BCUT2D eigenvalue weighted by Crippen LogP contribution is -2.22. The van der Waals surface area contributed by atoms with Crippen LogP contribution in [-0.2, 0) is 16.6 Å². The number of anilines is 1. The number of rotatable bonds is 6. The normalized spacial score (nSPS) is 11.8. The van der Waals surface area contributed by atoms with Gasteiger partial charge in [0, 0.05) is 12.6 Å². The number of hydrogen-bond acceptors (Lipinski definition) is 6. The quantitative estimate of drug-likeness (QED) is 0.850. The Labute approximate surface area is 128 Å². The molecule has 2 N–H and O–H groups in total. The number of benzene rings is 1. The van der Waals surface area contributed by atoms with Crippen molar-refractivity contribution >= 4 is 26.5 Å². The maximum atomic E-state index is 12.3. The summed E-state index contributed by atoms with van der Waals surface area (Å²) in [6.07, 6.45) is 0. The lowest BCUT2D eigenvalue weighted by Gasteiger charge is -2.10. The first kappa shape index (κ1) is 15.9. The molecule has 1 aromatic heterocycles. The summed E-state index contributed by atoms with van der Waals surface area (Å²) in [6.45, 7) is 6.48. The fraction of sp³-hybridized carbons (Fsp3) is 0.385. The minimum absolute atomic E-state index is 0.221. The predicted octanol–water partition coefficient (Wildman–Crippen LogP) is 2.15. The highest BCUT2D eigenvalue weighted by Crippen LogP contribution is 2.20. The van der Waals surface area contributed by atoms with Crippen LogP contribution in [0.2, 0.25) is 0 Å². The molecule has 2 aromatic rings. The van der Waals surface area contributed by atoms with E-state index in [0.717, 1.165) is 5.56 Å². The Hall–Kier alpha value is -1.51. The van der Waals surface area contributed by atoms with Crippen LogP contribution < -0.4 is 10.0 Å². The predicted molar refractivity (Wildman–Crippen MR) is 83.9 cm³/mol. The molecule has 1 heterocycles. The Balaban J connectivity index is 2.17. The van der Waals surface area contributed by atoms with E-state index in [1.807, 2.05) is 19.9 Å². The molecule has 0 radical (unpaired) electrons. The molecule has 0 saturated heterocycles. The number of sulfonamides is 1. The van der Waals surface area contributed by atoms with Crippen molar-refractivity contribution in [3.8, 4) is 0 Å². The zero-order valence-electron chi connectivity index (χ0n) is 12.1. The molecule has 0 fully saturated rings. The van der Waals surface area contributed by atoms with Crippen molar-refractivity contribution in [2.24, 2.45) is 0 Å². The molecule has 8 heteroatoms. The van der Waals surface area contributed by atoms with E-state index in [1.165, 1.54) is 11.3 Å². The van der Waals surface area contributed by atoms with E-state index in [9.17, 15) is 8.42 Å². The van der Waals surface area contributed by atoms with Gasteiger partial charge in [0.15, 0.2) is 0 Å². The number of aryl methyl sites for hydroxylation is 1. The van der Waals surface area contributed by atoms with Crippen molar-refractivity contribution in [2.45, 2.75) is 38.3 Å². The van der Waals surface area contributed by atoms with Gasteiger partial charge >= 0.3 is 0 Å². The Kier molecular flexibility index (Phi) is 4.92. The number of hydrogen-bond donors (Lipinski definition) is 2. The first-order valence-electron chi connectivity index (χ1n) is 6.52. The van der Waals surface area contributed by atoms with Gasteiger partial charge in [-0.1, -0.05) is 37.3 Å². The van der Waals surface area contributed by atoms with Gasteiger partial charge in [0.1, 0.15) is 5.01 Å². The van der Waals surface area contributed by atoms with Crippen LogP contribution >= 0.6 is 11.3 Å². The van der Waals surface area contributed by atoms with Gasteiger partial charge in [0.2, 0.25) is 5.13 Å². The summed E-state index contributed by atoms with van der Waals surface area (Å²) in [5.74, 6) is 0. The molecule has 0 unspecified atom stereocenters. The maximum Gasteiger partial charge on any atom is 0.263 e. The van der Waals surface area contributed by atoms with E-state index in [-0.39, 0.29) is 10.0 Å². The first-order valence-corrected chi connectivity index (χ1v) is 8.82. The molecular formula is C13H18N4O2S2. The minimum atomic E-state index is -3.63. The summed E-state index contributed by atoms with van der Waals surface area (Å²) >= 11 is 1.20. The minimum Gasteiger partial charge on any atom is -0.310 e. The van der Waals surface area contributed by atoms with E-state index >= 15 is 0 Å². The molecule has 6 nitrogen and oxygen atoms in total. The lowest BCUT2D eigenvalue weighted by molar-refractivity contribution is 0.587. The third-order valence-electron chi connectivity index (χ3n) is 2.67. The molecule has 1 aromatic carbocycles. The van der Waals surface area contributed by atoms with Crippen LogP contribution in [-0.4, -0.2) is 24.7 Å². The molecule has 21 heavy (non-hydrogen) atoms. The van der Waals surface area contributed by atoms with Gasteiger partial charge < -0.3 is 5.32 Å². The van der Waals surface area contributed by atoms with Crippen molar-refractivity contribution < 1.29 is 8.42 Å². The van der Waals surface area contributed by atoms with Gasteiger partial charge in [-0.3, -0.25) is 4.72 Å². The van der Waals surface area contributed by atoms with Crippen LogP contribution in [0.15, 0.2) is 29.2 Å². The molecule has 0 aliphatic carbocycles. The second-order valence-electron chi connectivity index (χ2n) is 4.91. The summed E-state index contributed by atoms with van der Waals surface area (Å²) in [6, 6.07) is 7.19. The van der Waals surface area contributed by atoms with Gasteiger partial charge in [0.25, 0.3) is 10.0 Å². The van der Waals surface area contributed by atoms with Crippen LogP contribution in [0.4, 0.5) is 5.13 Å². The summed E-state index contributed by atoms with van der Waals surface area (Å²) in [7, 11) is -3.63. The first-order chi connectivity index (χ1) is 9.87. The zero-order chi connectivity index (χ0) is 15.5. The maximum absolute atomic E-state index is 12.3. The second kappa shape index (κ2) is 6.50. The van der Waals surface area contributed by atoms with Gasteiger partial charge in [-0.15, -0.1) is 10.2 Å². The fourth-order valence-corrected chi connectivity index (χ4v) is 3.55. The Morgan fingerprint density at radius 1 is 1.29 bits per heavy atom. The SMILES string of the molecule is Cc1nnc(NS(=O)(=O)c2cccc(CNC(C)C)c2)s1.